The Labute approximate surface area is 189 Å². The Bertz CT molecular complexity index is 917. The first-order valence-corrected chi connectivity index (χ1v) is 11.5. The summed E-state index contributed by atoms with van der Waals surface area (Å²) in [5.74, 6) is 0.500. The fourth-order valence-electron chi connectivity index (χ4n) is 4.44. The maximum atomic E-state index is 12.7. The van der Waals surface area contributed by atoms with E-state index in [9.17, 15) is 9.59 Å². The standard InChI is InChI=1S/C25H32N4O3/c1-32-23-8-4-3-7-22(23)27-24(30)19-13-17-29(18-14-19)25(31)26-20-9-11-21(12-10-20)28-15-5-2-6-16-28/h3-4,7-12,19H,2,5-6,13-18H2,1H3,(H,26,31)(H,27,30). The number of carbonyl (C=O) groups is 2. The molecular weight excluding hydrogens is 404 g/mol. The molecule has 170 valence electrons. The minimum atomic E-state index is -0.118. The molecule has 0 saturated carbocycles. The van der Waals surface area contributed by atoms with Crippen molar-refractivity contribution in [3.8, 4) is 5.75 Å². The van der Waals surface area contributed by atoms with E-state index in [1.165, 1.54) is 24.9 Å². The van der Waals surface area contributed by atoms with E-state index < -0.39 is 0 Å². The van der Waals surface area contributed by atoms with Crippen molar-refractivity contribution in [1.29, 1.82) is 0 Å². The largest absolute Gasteiger partial charge is 0.495 e. The number of hydrogen-bond acceptors (Lipinski definition) is 4. The Hall–Kier alpha value is -3.22. The van der Waals surface area contributed by atoms with E-state index in [1.807, 2.05) is 36.4 Å². The van der Waals surface area contributed by atoms with Crippen LogP contribution in [0.15, 0.2) is 48.5 Å². The van der Waals surface area contributed by atoms with Crippen LogP contribution >= 0.6 is 0 Å². The molecule has 7 nitrogen and oxygen atoms in total. The number of methoxy groups -OCH3 is 1. The van der Waals surface area contributed by atoms with Gasteiger partial charge in [0.1, 0.15) is 5.75 Å². The number of benzene rings is 2. The molecule has 4 rings (SSSR count). The molecule has 3 amide bonds. The third-order valence-electron chi connectivity index (χ3n) is 6.36. The predicted octanol–water partition coefficient (Wildman–Crippen LogP) is 4.57. The molecule has 0 aromatic heterocycles. The summed E-state index contributed by atoms with van der Waals surface area (Å²) in [6.45, 7) is 3.32. The molecule has 0 atom stereocenters. The fourth-order valence-corrected chi connectivity index (χ4v) is 4.44. The molecule has 0 radical (unpaired) electrons. The Morgan fingerprint density at radius 1 is 0.875 bits per heavy atom. The van der Waals surface area contributed by atoms with E-state index in [4.69, 9.17) is 4.74 Å². The van der Waals surface area contributed by atoms with Crippen molar-refractivity contribution in [2.75, 3.05) is 48.8 Å². The van der Waals surface area contributed by atoms with Gasteiger partial charge in [0.25, 0.3) is 0 Å². The van der Waals surface area contributed by atoms with Crippen molar-refractivity contribution in [2.45, 2.75) is 32.1 Å². The van der Waals surface area contributed by atoms with Crippen LogP contribution in [0.2, 0.25) is 0 Å². The van der Waals surface area contributed by atoms with E-state index in [-0.39, 0.29) is 17.9 Å². The van der Waals surface area contributed by atoms with Gasteiger partial charge in [0.15, 0.2) is 0 Å². The second-order valence-corrected chi connectivity index (χ2v) is 8.48. The third kappa shape index (κ3) is 5.33. The predicted molar refractivity (Wildman–Crippen MR) is 127 cm³/mol. The summed E-state index contributed by atoms with van der Waals surface area (Å²) < 4.78 is 5.30. The Morgan fingerprint density at radius 2 is 1.56 bits per heavy atom. The zero-order chi connectivity index (χ0) is 22.3. The summed E-state index contributed by atoms with van der Waals surface area (Å²) >= 11 is 0. The van der Waals surface area contributed by atoms with Gasteiger partial charge in [-0.1, -0.05) is 12.1 Å². The zero-order valence-electron chi connectivity index (χ0n) is 18.7. The average Bonchev–Trinajstić information content (AvgIpc) is 2.85. The van der Waals surface area contributed by atoms with Crippen LogP contribution in [0.4, 0.5) is 21.9 Å². The lowest BCUT2D eigenvalue weighted by atomic mass is 9.96. The number of nitrogens with one attached hydrogen (secondary N) is 2. The van der Waals surface area contributed by atoms with Crippen LogP contribution in [0.25, 0.3) is 0 Å². The lowest BCUT2D eigenvalue weighted by Crippen LogP contribution is -2.43. The molecule has 0 spiro atoms. The van der Waals surface area contributed by atoms with Crippen LogP contribution in [-0.2, 0) is 4.79 Å². The molecule has 2 aromatic carbocycles. The first kappa shape index (κ1) is 22.0. The topological polar surface area (TPSA) is 73.9 Å². The highest BCUT2D eigenvalue weighted by Crippen LogP contribution is 2.26. The highest BCUT2D eigenvalue weighted by molar-refractivity contribution is 5.94. The molecule has 2 aliphatic heterocycles. The summed E-state index contributed by atoms with van der Waals surface area (Å²) in [5, 5.41) is 5.95. The highest BCUT2D eigenvalue weighted by atomic mass is 16.5. The van der Waals surface area contributed by atoms with Gasteiger partial charge in [-0.25, -0.2) is 4.79 Å². The summed E-state index contributed by atoms with van der Waals surface area (Å²) in [6, 6.07) is 15.4. The van der Waals surface area contributed by atoms with E-state index in [1.54, 1.807) is 12.0 Å². The number of ether oxygens (including phenoxy) is 1. The van der Waals surface area contributed by atoms with Gasteiger partial charge in [-0.05, 0) is 68.5 Å². The number of nitrogens with zero attached hydrogens (tertiary/aromatic N) is 2. The van der Waals surface area contributed by atoms with Crippen molar-refractivity contribution in [2.24, 2.45) is 5.92 Å². The lowest BCUT2D eigenvalue weighted by Gasteiger charge is -2.31. The third-order valence-corrected chi connectivity index (χ3v) is 6.36. The number of carbonyl (C=O) groups excluding carboxylic acids is 2. The average molecular weight is 437 g/mol. The first-order valence-electron chi connectivity index (χ1n) is 11.5. The molecule has 0 aliphatic carbocycles. The van der Waals surface area contributed by atoms with Crippen molar-refractivity contribution in [1.82, 2.24) is 4.90 Å². The number of anilines is 3. The van der Waals surface area contributed by atoms with Crippen LogP contribution in [0, 0.1) is 5.92 Å². The molecule has 2 heterocycles. The number of amides is 3. The Balaban J connectivity index is 1.25. The summed E-state index contributed by atoms with van der Waals surface area (Å²) in [7, 11) is 1.59. The fraction of sp³-hybridized carbons (Fsp3) is 0.440. The van der Waals surface area contributed by atoms with E-state index >= 15 is 0 Å². The highest BCUT2D eigenvalue weighted by Gasteiger charge is 2.28. The number of urea groups is 1. The molecule has 2 fully saturated rings. The Kier molecular flexibility index (Phi) is 7.14. The lowest BCUT2D eigenvalue weighted by molar-refractivity contribution is -0.121. The van der Waals surface area contributed by atoms with Gasteiger partial charge in [0.05, 0.1) is 12.8 Å². The van der Waals surface area contributed by atoms with Gasteiger partial charge in [0.2, 0.25) is 5.91 Å². The zero-order valence-corrected chi connectivity index (χ0v) is 18.7. The number of rotatable bonds is 5. The molecule has 0 bridgehead atoms. The summed E-state index contributed by atoms with van der Waals surface area (Å²) in [5.41, 5.74) is 2.68. The van der Waals surface area contributed by atoms with Gasteiger partial charge in [0, 0.05) is 43.5 Å². The van der Waals surface area contributed by atoms with Crippen molar-refractivity contribution in [3.05, 3.63) is 48.5 Å². The first-order chi connectivity index (χ1) is 15.6. The van der Waals surface area contributed by atoms with Gasteiger partial charge >= 0.3 is 6.03 Å². The Morgan fingerprint density at radius 3 is 2.25 bits per heavy atom. The van der Waals surface area contributed by atoms with E-state index in [0.29, 0.717) is 37.4 Å². The van der Waals surface area contributed by atoms with Crippen LogP contribution in [0.3, 0.4) is 0 Å². The number of para-hydroxylation sites is 2. The van der Waals surface area contributed by atoms with Gasteiger partial charge in [-0.15, -0.1) is 0 Å². The number of likely N-dealkylation sites (tertiary alicyclic amines) is 1. The van der Waals surface area contributed by atoms with Crippen molar-refractivity contribution < 1.29 is 14.3 Å². The smallest absolute Gasteiger partial charge is 0.321 e. The van der Waals surface area contributed by atoms with Crippen LogP contribution in [-0.4, -0.2) is 50.1 Å². The van der Waals surface area contributed by atoms with Crippen LogP contribution < -0.4 is 20.3 Å². The summed E-state index contributed by atoms with van der Waals surface area (Å²) in [4.78, 5) is 29.6. The minimum absolute atomic E-state index is 0.0251. The number of piperidine rings is 2. The SMILES string of the molecule is COc1ccccc1NC(=O)C1CCN(C(=O)Nc2ccc(N3CCCCC3)cc2)CC1. The second-order valence-electron chi connectivity index (χ2n) is 8.48. The molecular formula is C25H32N4O3. The van der Waals surface area contributed by atoms with Crippen LogP contribution in [0.5, 0.6) is 5.75 Å². The second kappa shape index (κ2) is 10.4. The van der Waals surface area contributed by atoms with Gasteiger partial charge in [-0.2, -0.15) is 0 Å². The molecule has 7 heteroatoms. The normalized spacial score (nSPS) is 17.0. The van der Waals surface area contributed by atoms with Crippen molar-refractivity contribution in [3.63, 3.8) is 0 Å². The van der Waals surface area contributed by atoms with E-state index in [0.717, 1.165) is 18.8 Å². The van der Waals surface area contributed by atoms with Gasteiger partial charge < -0.3 is 25.2 Å². The van der Waals surface area contributed by atoms with Crippen molar-refractivity contribution >= 4 is 29.0 Å². The summed E-state index contributed by atoms with van der Waals surface area (Å²) in [6.07, 6.45) is 5.07. The maximum absolute atomic E-state index is 12.7. The molecule has 2 aliphatic rings. The quantitative estimate of drug-likeness (QED) is 0.720. The molecule has 2 aromatic rings. The van der Waals surface area contributed by atoms with E-state index in [2.05, 4.69) is 27.7 Å². The molecule has 2 saturated heterocycles. The number of hydrogen-bond donors (Lipinski definition) is 2. The minimum Gasteiger partial charge on any atom is -0.495 e. The maximum Gasteiger partial charge on any atom is 0.321 e. The molecule has 2 N–H and O–H groups in total. The molecule has 32 heavy (non-hydrogen) atoms. The monoisotopic (exact) mass is 436 g/mol. The van der Waals surface area contributed by atoms with Crippen LogP contribution in [0.1, 0.15) is 32.1 Å². The molecule has 0 unspecified atom stereocenters. The van der Waals surface area contributed by atoms with Gasteiger partial charge in [-0.3, -0.25) is 4.79 Å².